The monoisotopic (exact) mass is 400 g/mol. The maximum Gasteiger partial charge on any atom is 0.417 e. The third-order valence-electron chi connectivity index (χ3n) is 4.07. The van der Waals surface area contributed by atoms with Gasteiger partial charge < -0.3 is 10.1 Å². The third kappa shape index (κ3) is 3.49. The number of halogens is 5. The van der Waals surface area contributed by atoms with Crippen LogP contribution in [-0.2, 0) is 11.0 Å². The van der Waals surface area contributed by atoms with Crippen molar-refractivity contribution in [2.75, 3.05) is 12.4 Å². The summed E-state index contributed by atoms with van der Waals surface area (Å²) in [4.78, 5) is 16.3. The maximum atomic E-state index is 14.5. The van der Waals surface area contributed by atoms with Crippen LogP contribution in [0.5, 0.6) is 5.75 Å². The molecule has 4 nitrogen and oxygen atoms in total. The second-order valence-electron chi connectivity index (χ2n) is 5.84. The number of benzodiazepines with no additional fused rings is 1. The summed E-state index contributed by atoms with van der Waals surface area (Å²) in [6.07, 6.45) is -4.73. The molecule has 0 aliphatic carbocycles. The molecule has 0 fully saturated rings. The van der Waals surface area contributed by atoms with Crippen LogP contribution in [0.25, 0.3) is 0 Å². The molecule has 9 heteroatoms. The van der Waals surface area contributed by atoms with E-state index in [0.717, 1.165) is 18.2 Å². The van der Waals surface area contributed by atoms with Crippen molar-refractivity contribution in [2.24, 2.45) is 4.99 Å². The summed E-state index contributed by atoms with van der Waals surface area (Å²) in [6.45, 7) is 1.44. The molecule has 1 heterocycles. The summed E-state index contributed by atoms with van der Waals surface area (Å²) in [7, 11) is 1.36. The van der Waals surface area contributed by atoms with Gasteiger partial charge in [-0.15, -0.1) is 0 Å². The SMILES string of the molecule is COc1ccc(F)c(C2=NC(C)C(=O)Nc3ccc(C(F)(F)F)c(Cl)c32)c1. The van der Waals surface area contributed by atoms with E-state index in [4.69, 9.17) is 16.3 Å². The molecule has 0 aromatic heterocycles. The zero-order valence-electron chi connectivity index (χ0n) is 14.1. The Labute approximate surface area is 156 Å². The van der Waals surface area contributed by atoms with Gasteiger partial charge in [-0.25, -0.2) is 4.39 Å². The fourth-order valence-electron chi connectivity index (χ4n) is 2.70. The number of methoxy groups -OCH3 is 1. The lowest BCUT2D eigenvalue weighted by Crippen LogP contribution is -2.22. The van der Waals surface area contributed by atoms with Crippen LogP contribution >= 0.6 is 11.6 Å². The van der Waals surface area contributed by atoms with Crippen LogP contribution in [0, 0.1) is 5.82 Å². The predicted molar refractivity (Wildman–Crippen MR) is 93.1 cm³/mol. The highest BCUT2D eigenvalue weighted by molar-refractivity contribution is 6.38. The minimum Gasteiger partial charge on any atom is -0.497 e. The zero-order valence-corrected chi connectivity index (χ0v) is 14.9. The molecule has 1 atom stereocenters. The average Bonchev–Trinajstić information content (AvgIpc) is 2.71. The molecule has 27 heavy (non-hydrogen) atoms. The summed E-state index contributed by atoms with van der Waals surface area (Å²) in [6, 6.07) is 4.62. The van der Waals surface area contributed by atoms with Gasteiger partial charge in [0.2, 0.25) is 5.91 Å². The number of alkyl halides is 3. The van der Waals surface area contributed by atoms with E-state index in [1.54, 1.807) is 0 Å². The first-order valence-electron chi connectivity index (χ1n) is 7.76. The highest BCUT2D eigenvalue weighted by Gasteiger charge is 2.37. The first kappa shape index (κ1) is 19.2. The van der Waals surface area contributed by atoms with Crippen molar-refractivity contribution in [1.82, 2.24) is 0 Å². The number of hydrogen-bond donors (Lipinski definition) is 1. The molecule has 1 aliphatic heterocycles. The largest absolute Gasteiger partial charge is 0.497 e. The first-order valence-corrected chi connectivity index (χ1v) is 8.14. The number of aliphatic imine (C=N–C) groups is 1. The summed E-state index contributed by atoms with van der Waals surface area (Å²) in [5, 5.41) is 1.81. The number of nitrogens with one attached hydrogen (secondary N) is 1. The van der Waals surface area contributed by atoms with Gasteiger partial charge in [-0.1, -0.05) is 11.6 Å². The Morgan fingerprint density at radius 1 is 1.22 bits per heavy atom. The van der Waals surface area contributed by atoms with Gasteiger partial charge in [0, 0.05) is 11.1 Å². The normalized spacial score (nSPS) is 16.9. The van der Waals surface area contributed by atoms with Crippen LogP contribution in [-0.4, -0.2) is 24.8 Å². The maximum absolute atomic E-state index is 14.5. The molecule has 2 aromatic rings. The van der Waals surface area contributed by atoms with Gasteiger partial charge >= 0.3 is 6.18 Å². The molecular weight excluding hydrogens is 388 g/mol. The Morgan fingerprint density at radius 3 is 2.56 bits per heavy atom. The predicted octanol–water partition coefficient (Wildman–Crippen LogP) is 4.68. The number of ether oxygens (including phenoxy) is 1. The van der Waals surface area contributed by atoms with Crippen LogP contribution in [0.3, 0.4) is 0 Å². The number of rotatable bonds is 2. The lowest BCUT2D eigenvalue weighted by atomic mass is 9.97. The molecule has 142 valence electrons. The Hall–Kier alpha value is -2.61. The summed E-state index contributed by atoms with van der Waals surface area (Å²) < 4.78 is 59.4. The van der Waals surface area contributed by atoms with Gasteiger partial charge in [0.1, 0.15) is 17.6 Å². The minimum atomic E-state index is -4.73. The number of hydrogen-bond acceptors (Lipinski definition) is 3. The van der Waals surface area contributed by atoms with Gasteiger partial charge in [0.25, 0.3) is 0 Å². The van der Waals surface area contributed by atoms with E-state index < -0.39 is 34.5 Å². The molecule has 0 saturated heterocycles. The quantitative estimate of drug-likeness (QED) is 0.744. The third-order valence-corrected chi connectivity index (χ3v) is 4.47. The standard InChI is InChI=1S/C18H13ClF4N2O2/c1-8-17(26)25-13-6-4-11(18(21,22)23)15(19)14(13)16(24-8)10-7-9(27-2)3-5-12(10)20/h3-8H,1-2H3,(H,25,26). The summed E-state index contributed by atoms with van der Waals surface area (Å²) in [5.41, 5.74) is -1.58. The number of benzene rings is 2. The molecule has 0 bridgehead atoms. The van der Waals surface area contributed by atoms with Gasteiger partial charge in [-0.2, -0.15) is 13.2 Å². The van der Waals surface area contributed by atoms with Crippen LogP contribution in [0.1, 0.15) is 23.6 Å². The molecule has 0 saturated carbocycles. The molecule has 0 radical (unpaired) electrons. The number of carbonyl (C=O) groups is 1. The van der Waals surface area contributed by atoms with Crippen LogP contribution in [0.2, 0.25) is 5.02 Å². The van der Waals surface area contributed by atoms with E-state index >= 15 is 0 Å². The molecule has 0 spiro atoms. The van der Waals surface area contributed by atoms with Gasteiger partial charge in [0.15, 0.2) is 0 Å². The molecule has 2 aromatic carbocycles. The number of anilines is 1. The van der Waals surface area contributed by atoms with Crippen molar-refractivity contribution in [3.05, 3.63) is 57.9 Å². The zero-order chi connectivity index (χ0) is 19.9. The molecule has 1 amide bonds. The minimum absolute atomic E-state index is 0.0170. The lowest BCUT2D eigenvalue weighted by Gasteiger charge is -2.17. The Bertz CT molecular complexity index is 957. The van der Waals surface area contributed by atoms with Crippen molar-refractivity contribution in [3.63, 3.8) is 0 Å². The van der Waals surface area contributed by atoms with Crippen molar-refractivity contribution in [3.8, 4) is 5.75 Å². The highest BCUT2D eigenvalue weighted by Crippen LogP contribution is 2.41. The van der Waals surface area contributed by atoms with Gasteiger partial charge in [0.05, 0.1) is 29.1 Å². The molecule has 3 rings (SSSR count). The van der Waals surface area contributed by atoms with Crippen LogP contribution in [0.15, 0.2) is 35.3 Å². The van der Waals surface area contributed by atoms with Crippen molar-refractivity contribution in [1.29, 1.82) is 0 Å². The van der Waals surface area contributed by atoms with E-state index in [9.17, 15) is 22.4 Å². The van der Waals surface area contributed by atoms with E-state index in [2.05, 4.69) is 10.3 Å². The first-order chi connectivity index (χ1) is 12.6. The number of fused-ring (bicyclic) bond motifs is 1. The van der Waals surface area contributed by atoms with Gasteiger partial charge in [-0.05, 0) is 37.3 Å². The Balaban J connectivity index is 2.35. The highest BCUT2D eigenvalue weighted by atomic mass is 35.5. The number of nitrogens with zero attached hydrogens (tertiary/aromatic N) is 1. The fraction of sp³-hybridized carbons (Fsp3) is 0.222. The van der Waals surface area contributed by atoms with E-state index in [-0.39, 0.29) is 28.3 Å². The average molecular weight is 401 g/mol. The van der Waals surface area contributed by atoms with Crippen molar-refractivity contribution >= 4 is 28.9 Å². The molecule has 1 N–H and O–H groups in total. The van der Waals surface area contributed by atoms with E-state index in [1.807, 2.05) is 0 Å². The topological polar surface area (TPSA) is 50.7 Å². The van der Waals surface area contributed by atoms with E-state index in [0.29, 0.717) is 0 Å². The van der Waals surface area contributed by atoms with Crippen LogP contribution < -0.4 is 10.1 Å². The fourth-order valence-corrected chi connectivity index (χ4v) is 3.06. The lowest BCUT2D eigenvalue weighted by molar-refractivity contribution is -0.137. The summed E-state index contributed by atoms with van der Waals surface area (Å²) >= 11 is 6.04. The van der Waals surface area contributed by atoms with Crippen molar-refractivity contribution in [2.45, 2.75) is 19.1 Å². The summed E-state index contributed by atoms with van der Waals surface area (Å²) in [5.74, 6) is -1.02. The van der Waals surface area contributed by atoms with Crippen LogP contribution in [0.4, 0.5) is 23.2 Å². The van der Waals surface area contributed by atoms with Crippen molar-refractivity contribution < 1.29 is 27.1 Å². The molecule has 1 aliphatic rings. The number of carbonyl (C=O) groups excluding carboxylic acids is 1. The number of amides is 1. The smallest absolute Gasteiger partial charge is 0.417 e. The molecular formula is C18H13ClF4N2O2. The Morgan fingerprint density at radius 2 is 1.93 bits per heavy atom. The second kappa shape index (κ2) is 6.84. The Kier molecular flexibility index (Phi) is 4.86. The van der Waals surface area contributed by atoms with Gasteiger partial charge in [-0.3, -0.25) is 9.79 Å². The second-order valence-corrected chi connectivity index (χ2v) is 6.21. The molecule has 1 unspecified atom stereocenters. The van der Waals surface area contributed by atoms with E-state index in [1.165, 1.54) is 26.2 Å².